The molecule has 1 aromatic carbocycles. The highest BCUT2D eigenvalue weighted by atomic mass is 16.4. The minimum absolute atomic E-state index is 0.270. The number of aromatic carboxylic acids is 1. The Hall–Kier alpha value is -2.75. The Morgan fingerprint density at radius 3 is 2.64 bits per heavy atom. The predicted octanol–water partition coefficient (Wildman–Crippen LogP) is 4.12. The highest BCUT2D eigenvalue weighted by Crippen LogP contribution is 2.27. The van der Waals surface area contributed by atoms with E-state index in [4.69, 9.17) is 0 Å². The van der Waals surface area contributed by atoms with Crippen LogP contribution >= 0.6 is 0 Å². The van der Waals surface area contributed by atoms with E-state index in [0.717, 1.165) is 11.1 Å². The van der Waals surface area contributed by atoms with E-state index in [-0.39, 0.29) is 5.56 Å². The van der Waals surface area contributed by atoms with Crippen LogP contribution in [0.1, 0.15) is 35.7 Å². The average molecular weight is 292 g/mol. The summed E-state index contributed by atoms with van der Waals surface area (Å²) in [6.45, 7) is 4.16. The first-order chi connectivity index (χ1) is 10.6. The molecule has 0 radical (unpaired) electrons. The second kappa shape index (κ2) is 5.56. The van der Waals surface area contributed by atoms with Crippen molar-refractivity contribution < 1.29 is 9.90 Å². The number of carbonyl (C=O) groups is 1. The van der Waals surface area contributed by atoms with E-state index in [1.54, 1.807) is 18.5 Å². The second-order valence-corrected chi connectivity index (χ2v) is 5.53. The van der Waals surface area contributed by atoms with Gasteiger partial charge in [0.05, 0.1) is 16.8 Å². The molecule has 22 heavy (non-hydrogen) atoms. The van der Waals surface area contributed by atoms with E-state index in [1.165, 1.54) is 0 Å². The van der Waals surface area contributed by atoms with Crippen molar-refractivity contribution in [3.05, 3.63) is 59.9 Å². The third kappa shape index (κ3) is 2.55. The number of rotatable bonds is 3. The van der Waals surface area contributed by atoms with Gasteiger partial charge in [0.25, 0.3) is 0 Å². The van der Waals surface area contributed by atoms with E-state index in [0.29, 0.717) is 22.5 Å². The van der Waals surface area contributed by atoms with Gasteiger partial charge in [-0.3, -0.25) is 4.98 Å². The molecule has 3 aromatic rings. The smallest absolute Gasteiger partial charge is 0.336 e. The highest BCUT2D eigenvalue weighted by molar-refractivity contribution is 6.04. The van der Waals surface area contributed by atoms with Crippen LogP contribution in [-0.2, 0) is 0 Å². The normalized spacial score (nSPS) is 11.0. The number of carboxylic acids is 1. The number of hydrogen-bond donors (Lipinski definition) is 1. The lowest BCUT2D eigenvalue weighted by molar-refractivity contribution is 0.0699. The maximum Gasteiger partial charge on any atom is 0.336 e. The zero-order valence-electron chi connectivity index (χ0n) is 12.4. The molecule has 3 rings (SSSR count). The van der Waals surface area contributed by atoms with Gasteiger partial charge < -0.3 is 5.11 Å². The van der Waals surface area contributed by atoms with Crippen LogP contribution in [-0.4, -0.2) is 21.0 Å². The molecule has 0 atom stereocenters. The number of fused-ring (bicyclic) bond motifs is 1. The zero-order chi connectivity index (χ0) is 15.7. The van der Waals surface area contributed by atoms with Gasteiger partial charge in [-0.05, 0) is 41.8 Å². The molecule has 1 N–H and O–H groups in total. The van der Waals surface area contributed by atoms with Gasteiger partial charge in [-0.25, -0.2) is 9.78 Å². The Kier molecular flexibility index (Phi) is 3.59. The van der Waals surface area contributed by atoms with Crippen molar-refractivity contribution in [2.24, 2.45) is 0 Å². The van der Waals surface area contributed by atoms with Gasteiger partial charge in [-0.2, -0.15) is 0 Å². The van der Waals surface area contributed by atoms with Crippen molar-refractivity contribution in [2.45, 2.75) is 19.8 Å². The molecule has 0 fully saturated rings. The molecule has 2 heterocycles. The van der Waals surface area contributed by atoms with Crippen molar-refractivity contribution in [1.29, 1.82) is 0 Å². The SMILES string of the molecule is CC(C)c1ccc2nc(-c3cccnc3)cc(C(=O)O)c2c1. The molecule has 0 amide bonds. The van der Waals surface area contributed by atoms with Crippen molar-refractivity contribution in [2.75, 3.05) is 0 Å². The van der Waals surface area contributed by atoms with E-state index < -0.39 is 5.97 Å². The van der Waals surface area contributed by atoms with Crippen LogP contribution in [0.5, 0.6) is 0 Å². The minimum Gasteiger partial charge on any atom is -0.478 e. The molecule has 0 unspecified atom stereocenters. The molecule has 4 nitrogen and oxygen atoms in total. The van der Waals surface area contributed by atoms with Crippen LogP contribution in [0.2, 0.25) is 0 Å². The first-order valence-electron chi connectivity index (χ1n) is 7.14. The van der Waals surface area contributed by atoms with Gasteiger partial charge in [-0.1, -0.05) is 19.9 Å². The maximum atomic E-state index is 11.6. The molecule has 0 aliphatic rings. The maximum absolute atomic E-state index is 11.6. The van der Waals surface area contributed by atoms with E-state index in [9.17, 15) is 9.90 Å². The Balaban J connectivity index is 2.27. The molecule has 4 heteroatoms. The molecule has 0 bridgehead atoms. The number of benzene rings is 1. The minimum atomic E-state index is -0.946. The predicted molar refractivity (Wildman–Crippen MR) is 86.0 cm³/mol. The molecule has 2 aromatic heterocycles. The number of aromatic nitrogens is 2. The third-order valence-electron chi connectivity index (χ3n) is 3.69. The molecular formula is C18H16N2O2. The third-order valence-corrected chi connectivity index (χ3v) is 3.69. The van der Waals surface area contributed by atoms with Crippen LogP contribution in [0.25, 0.3) is 22.2 Å². The topological polar surface area (TPSA) is 63.1 Å². The lowest BCUT2D eigenvalue weighted by Crippen LogP contribution is -2.01. The second-order valence-electron chi connectivity index (χ2n) is 5.53. The number of pyridine rings is 2. The quantitative estimate of drug-likeness (QED) is 0.788. The summed E-state index contributed by atoms with van der Waals surface area (Å²) in [5, 5.41) is 10.2. The Morgan fingerprint density at radius 1 is 1.18 bits per heavy atom. The molecule has 0 saturated heterocycles. The van der Waals surface area contributed by atoms with Gasteiger partial charge in [0.1, 0.15) is 0 Å². The monoisotopic (exact) mass is 292 g/mol. The molecule has 0 saturated carbocycles. The van der Waals surface area contributed by atoms with E-state index in [2.05, 4.69) is 23.8 Å². The summed E-state index contributed by atoms with van der Waals surface area (Å²) in [7, 11) is 0. The summed E-state index contributed by atoms with van der Waals surface area (Å²) in [5.74, 6) is -0.609. The number of carboxylic acid groups (broad SMARTS) is 1. The highest BCUT2D eigenvalue weighted by Gasteiger charge is 2.14. The zero-order valence-corrected chi connectivity index (χ0v) is 12.4. The molecule has 0 aliphatic carbocycles. The van der Waals surface area contributed by atoms with Crippen LogP contribution in [0.4, 0.5) is 0 Å². The summed E-state index contributed by atoms with van der Waals surface area (Å²) in [5.41, 5.74) is 3.48. The molecule has 0 spiro atoms. The standard InChI is InChI=1S/C18H16N2O2/c1-11(2)12-5-6-16-14(8-12)15(18(21)22)9-17(20-16)13-4-3-7-19-10-13/h3-11H,1-2H3,(H,21,22). The Bertz CT molecular complexity index is 842. The van der Waals surface area contributed by atoms with Gasteiger partial charge >= 0.3 is 5.97 Å². The van der Waals surface area contributed by atoms with Crippen LogP contribution in [0.3, 0.4) is 0 Å². The van der Waals surface area contributed by atoms with Crippen molar-refractivity contribution in [3.8, 4) is 11.3 Å². The molecule has 0 aliphatic heterocycles. The first kappa shape index (κ1) is 14.2. The Morgan fingerprint density at radius 2 is 2.00 bits per heavy atom. The van der Waals surface area contributed by atoms with Crippen LogP contribution in [0.15, 0.2) is 48.8 Å². The fourth-order valence-electron chi connectivity index (χ4n) is 2.44. The Labute approximate surface area is 128 Å². The molecule has 110 valence electrons. The van der Waals surface area contributed by atoms with Crippen LogP contribution in [0, 0.1) is 0 Å². The lowest BCUT2D eigenvalue weighted by atomic mass is 9.98. The fraction of sp³-hybridized carbons (Fsp3) is 0.167. The van der Waals surface area contributed by atoms with Gasteiger partial charge in [0, 0.05) is 23.3 Å². The van der Waals surface area contributed by atoms with Crippen molar-refractivity contribution in [3.63, 3.8) is 0 Å². The first-order valence-corrected chi connectivity index (χ1v) is 7.14. The van der Waals surface area contributed by atoms with Crippen molar-refractivity contribution >= 4 is 16.9 Å². The van der Waals surface area contributed by atoms with Crippen LogP contribution < -0.4 is 0 Å². The van der Waals surface area contributed by atoms with Gasteiger partial charge in [-0.15, -0.1) is 0 Å². The fourth-order valence-corrected chi connectivity index (χ4v) is 2.44. The van der Waals surface area contributed by atoms with Crippen molar-refractivity contribution in [1.82, 2.24) is 9.97 Å². The largest absolute Gasteiger partial charge is 0.478 e. The lowest BCUT2D eigenvalue weighted by Gasteiger charge is -2.10. The summed E-state index contributed by atoms with van der Waals surface area (Å²) >= 11 is 0. The summed E-state index contributed by atoms with van der Waals surface area (Å²) in [6.07, 6.45) is 3.36. The summed E-state index contributed by atoms with van der Waals surface area (Å²) in [4.78, 5) is 20.3. The van der Waals surface area contributed by atoms with E-state index in [1.807, 2.05) is 30.3 Å². The summed E-state index contributed by atoms with van der Waals surface area (Å²) in [6, 6.07) is 11.1. The van der Waals surface area contributed by atoms with Gasteiger partial charge in [0.15, 0.2) is 0 Å². The number of nitrogens with zero attached hydrogens (tertiary/aromatic N) is 2. The van der Waals surface area contributed by atoms with Gasteiger partial charge in [0.2, 0.25) is 0 Å². The van der Waals surface area contributed by atoms with E-state index >= 15 is 0 Å². The number of hydrogen-bond acceptors (Lipinski definition) is 3. The summed E-state index contributed by atoms with van der Waals surface area (Å²) < 4.78 is 0. The molecular weight excluding hydrogens is 276 g/mol. The average Bonchev–Trinajstić information content (AvgIpc) is 2.53.